The summed E-state index contributed by atoms with van der Waals surface area (Å²) < 4.78 is 16.2. The molecule has 1 aliphatic heterocycles. The first-order chi connectivity index (χ1) is 13.5. The maximum atomic E-state index is 12.8. The highest BCUT2D eigenvalue weighted by Crippen LogP contribution is 2.31. The molecule has 0 aliphatic carbocycles. The van der Waals surface area contributed by atoms with Gasteiger partial charge in [0.25, 0.3) is 5.91 Å². The van der Waals surface area contributed by atoms with Crippen molar-refractivity contribution >= 4 is 5.91 Å². The molecular weight excluding hydrogens is 356 g/mol. The Labute approximate surface area is 166 Å². The van der Waals surface area contributed by atoms with Crippen molar-refractivity contribution in [3.63, 3.8) is 0 Å². The molecule has 0 saturated heterocycles. The van der Waals surface area contributed by atoms with Gasteiger partial charge in [-0.15, -0.1) is 0 Å². The molecular formula is C22H29N2O4+. The Morgan fingerprint density at radius 2 is 1.64 bits per heavy atom. The van der Waals surface area contributed by atoms with Crippen LogP contribution in [0.5, 0.6) is 17.2 Å². The Morgan fingerprint density at radius 1 is 1.00 bits per heavy atom. The van der Waals surface area contributed by atoms with E-state index < -0.39 is 0 Å². The van der Waals surface area contributed by atoms with Crippen LogP contribution in [0, 0.1) is 0 Å². The molecule has 0 fully saturated rings. The summed E-state index contributed by atoms with van der Waals surface area (Å²) >= 11 is 0. The molecule has 1 N–H and O–H groups in total. The number of nitrogens with zero attached hydrogens (tertiary/aromatic N) is 1. The Morgan fingerprint density at radius 3 is 2.32 bits per heavy atom. The molecule has 3 rings (SSSR count). The van der Waals surface area contributed by atoms with Crippen LogP contribution in [0.4, 0.5) is 0 Å². The van der Waals surface area contributed by atoms with Gasteiger partial charge in [-0.25, -0.2) is 0 Å². The van der Waals surface area contributed by atoms with Crippen molar-refractivity contribution < 1.29 is 23.9 Å². The highest BCUT2D eigenvalue weighted by Gasteiger charge is 2.25. The van der Waals surface area contributed by atoms with Crippen molar-refractivity contribution in [3.05, 3.63) is 53.1 Å². The fraction of sp³-hybridized carbons (Fsp3) is 0.409. The van der Waals surface area contributed by atoms with Crippen LogP contribution in [0.2, 0.25) is 0 Å². The number of fused-ring (bicyclic) bond motifs is 1. The van der Waals surface area contributed by atoms with E-state index in [-0.39, 0.29) is 5.91 Å². The number of ether oxygens (including phenoxy) is 3. The average molecular weight is 385 g/mol. The van der Waals surface area contributed by atoms with Crippen LogP contribution in [0.15, 0.2) is 36.4 Å². The summed E-state index contributed by atoms with van der Waals surface area (Å²) in [4.78, 5) is 15.8. The molecule has 0 bridgehead atoms. The minimum Gasteiger partial charge on any atom is -0.496 e. The predicted molar refractivity (Wildman–Crippen MR) is 107 cm³/mol. The van der Waals surface area contributed by atoms with Crippen molar-refractivity contribution in [2.24, 2.45) is 0 Å². The normalized spacial score (nSPS) is 15.5. The first-order valence-electron chi connectivity index (χ1n) is 9.49. The quantitative estimate of drug-likeness (QED) is 0.781. The number of carbonyl (C=O) groups is 1. The maximum absolute atomic E-state index is 12.8. The Bertz CT molecular complexity index is 837. The van der Waals surface area contributed by atoms with Gasteiger partial charge in [-0.05, 0) is 23.8 Å². The van der Waals surface area contributed by atoms with Crippen LogP contribution >= 0.6 is 0 Å². The zero-order valence-electron chi connectivity index (χ0n) is 17.1. The third-order valence-electron chi connectivity index (χ3n) is 5.32. The van der Waals surface area contributed by atoms with E-state index in [1.54, 1.807) is 26.2 Å². The first kappa shape index (κ1) is 20.0. The largest absolute Gasteiger partial charge is 0.496 e. The fourth-order valence-electron chi connectivity index (χ4n) is 3.71. The van der Waals surface area contributed by atoms with Crippen molar-refractivity contribution in [2.75, 3.05) is 41.5 Å². The van der Waals surface area contributed by atoms with Crippen molar-refractivity contribution in [3.8, 4) is 17.2 Å². The predicted octanol–water partition coefficient (Wildman–Crippen LogP) is 1.31. The molecule has 1 amide bonds. The number of methoxy groups -OCH3 is 3. The number of rotatable bonds is 7. The number of quaternary nitrogens is 1. The molecule has 0 spiro atoms. The highest BCUT2D eigenvalue weighted by atomic mass is 16.5. The van der Waals surface area contributed by atoms with Gasteiger partial charge in [0.1, 0.15) is 12.3 Å². The summed E-state index contributed by atoms with van der Waals surface area (Å²) in [5, 5.41) is 0. The van der Waals surface area contributed by atoms with Crippen LogP contribution in [0.1, 0.15) is 16.7 Å². The van der Waals surface area contributed by atoms with Gasteiger partial charge >= 0.3 is 0 Å². The fourth-order valence-corrected chi connectivity index (χ4v) is 3.71. The van der Waals surface area contributed by atoms with Crippen molar-refractivity contribution in [1.82, 2.24) is 4.90 Å². The van der Waals surface area contributed by atoms with Gasteiger partial charge in [0.2, 0.25) is 0 Å². The molecule has 2 aromatic carbocycles. The first-order valence-corrected chi connectivity index (χ1v) is 9.49. The maximum Gasteiger partial charge on any atom is 0.277 e. The second-order valence-corrected chi connectivity index (χ2v) is 7.14. The molecule has 0 aromatic heterocycles. The number of likely N-dealkylation sites (N-methyl/N-ethyl adjacent to an activating group) is 1. The molecule has 1 atom stereocenters. The molecule has 1 unspecified atom stereocenters. The van der Waals surface area contributed by atoms with E-state index in [1.165, 1.54) is 16.0 Å². The molecule has 6 heteroatoms. The van der Waals surface area contributed by atoms with Crippen LogP contribution < -0.4 is 19.1 Å². The number of nitrogens with one attached hydrogen (secondary N) is 1. The lowest BCUT2D eigenvalue weighted by Gasteiger charge is -2.28. The Balaban J connectivity index is 1.64. The summed E-state index contributed by atoms with van der Waals surface area (Å²) in [6.07, 6.45) is 0.925. The van der Waals surface area contributed by atoms with E-state index in [9.17, 15) is 4.79 Å². The Hall–Kier alpha value is -2.73. The van der Waals surface area contributed by atoms with Gasteiger partial charge in [-0.1, -0.05) is 18.2 Å². The van der Waals surface area contributed by atoms with Gasteiger partial charge in [0, 0.05) is 31.1 Å². The van der Waals surface area contributed by atoms with Crippen LogP contribution in [0.3, 0.4) is 0 Å². The second-order valence-electron chi connectivity index (χ2n) is 7.14. The molecule has 1 aliphatic rings. The summed E-state index contributed by atoms with van der Waals surface area (Å²) in [6.45, 7) is 2.75. The number of hydrogen-bond acceptors (Lipinski definition) is 4. The molecule has 0 saturated carbocycles. The molecule has 150 valence electrons. The molecule has 2 aromatic rings. The number of amides is 1. The zero-order valence-corrected chi connectivity index (χ0v) is 17.1. The number of benzene rings is 2. The Kier molecular flexibility index (Phi) is 6.41. The van der Waals surface area contributed by atoms with Gasteiger partial charge in [-0.3, -0.25) is 4.79 Å². The van der Waals surface area contributed by atoms with E-state index in [2.05, 4.69) is 6.07 Å². The third-order valence-corrected chi connectivity index (χ3v) is 5.32. The van der Waals surface area contributed by atoms with Crippen molar-refractivity contribution in [1.29, 1.82) is 0 Å². The van der Waals surface area contributed by atoms with Crippen molar-refractivity contribution in [2.45, 2.75) is 19.5 Å². The van der Waals surface area contributed by atoms with Gasteiger partial charge in [0.05, 0.1) is 27.9 Å². The summed E-state index contributed by atoms with van der Waals surface area (Å²) in [6, 6.07) is 11.9. The molecule has 0 radical (unpaired) electrons. The summed E-state index contributed by atoms with van der Waals surface area (Å²) in [5.74, 6) is 2.44. The van der Waals surface area contributed by atoms with E-state index in [0.29, 0.717) is 13.1 Å². The number of para-hydroxylation sites is 1. The van der Waals surface area contributed by atoms with Crippen LogP contribution in [0.25, 0.3) is 0 Å². The van der Waals surface area contributed by atoms with E-state index in [0.717, 1.165) is 42.3 Å². The topological polar surface area (TPSA) is 52.4 Å². The van der Waals surface area contributed by atoms with Gasteiger partial charge < -0.3 is 24.0 Å². The summed E-state index contributed by atoms with van der Waals surface area (Å²) in [5.41, 5.74) is 3.51. The lowest BCUT2D eigenvalue weighted by Crippen LogP contribution is -3.12. The standard InChI is InChI=1S/C22H28N2O4/c1-23(13-17-7-5-6-8-19(17)26-2)22(25)15-24-10-9-16-11-20(27-3)21(28-4)12-18(16)14-24/h5-8,11-12H,9-10,13-15H2,1-4H3/p+1. The average Bonchev–Trinajstić information content (AvgIpc) is 2.72. The number of carbonyl (C=O) groups excluding carboxylic acids is 1. The lowest BCUT2D eigenvalue weighted by molar-refractivity contribution is -0.908. The minimum atomic E-state index is 0.129. The van der Waals surface area contributed by atoms with Gasteiger partial charge in [0.15, 0.2) is 18.0 Å². The molecule has 6 nitrogen and oxygen atoms in total. The zero-order chi connectivity index (χ0) is 20.1. The van der Waals surface area contributed by atoms with Crippen LogP contribution in [-0.2, 0) is 24.3 Å². The third kappa shape index (κ3) is 4.39. The molecule has 1 heterocycles. The summed E-state index contributed by atoms with van der Waals surface area (Å²) in [7, 11) is 6.80. The minimum absolute atomic E-state index is 0.129. The van der Waals surface area contributed by atoms with Crippen LogP contribution in [-0.4, -0.2) is 52.3 Å². The lowest BCUT2D eigenvalue weighted by atomic mass is 9.99. The SMILES string of the molecule is COc1ccccc1CN(C)C(=O)C[NH+]1CCc2cc(OC)c(OC)cc2C1. The van der Waals surface area contributed by atoms with E-state index >= 15 is 0 Å². The number of hydrogen-bond donors (Lipinski definition) is 1. The highest BCUT2D eigenvalue weighted by molar-refractivity contribution is 5.76. The molecule has 28 heavy (non-hydrogen) atoms. The second kappa shape index (κ2) is 8.97. The van der Waals surface area contributed by atoms with E-state index in [4.69, 9.17) is 14.2 Å². The monoisotopic (exact) mass is 385 g/mol. The van der Waals surface area contributed by atoms with Gasteiger partial charge in [-0.2, -0.15) is 0 Å². The van der Waals surface area contributed by atoms with E-state index in [1.807, 2.05) is 37.4 Å². The smallest absolute Gasteiger partial charge is 0.277 e.